The van der Waals surface area contributed by atoms with Gasteiger partial charge in [-0.25, -0.2) is 0 Å². The highest BCUT2D eigenvalue weighted by atomic mass is 16.1. The van der Waals surface area contributed by atoms with E-state index in [0.29, 0.717) is 17.3 Å². The summed E-state index contributed by atoms with van der Waals surface area (Å²) in [6, 6.07) is 5.86. The Balaban J connectivity index is 2.10. The zero-order valence-electron chi connectivity index (χ0n) is 12.3. The molecule has 0 bridgehead atoms. The molecular weight excluding hydrogens is 252 g/mol. The van der Waals surface area contributed by atoms with E-state index in [0.717, 1.165) is 31.9 Å². The van der Waals surface area contributed by atoms with Gasteiger partial charge in [0.1, 0.15) is 0 Å². The van der Waals surface area contributed by atoms with Crippen LogP contribution in [-0.2, 0) is 0 Å². The first-order valence-corrected chi connectivity index (χ1v) is 7.21. The lowest BCUT2D eigenvalue weighted by atomic mass is 10.1. The number of hydrogen-bond donors (Lipinski definition) is 2. The van der Waals surface area contributed by atoms with E-state index in [1.165, 1.54) is 6.42 Å². The number of primary amides is 1. The van der Waals surface area contributed by atoms with Gasteiger partial charge in [-0.2, -0.15) is 0 Å². The number of piperazine rings is 1. The van der Waals surface area contributed by atoms with Crippen LogP contribution in [0.5, 0.6) is 0 Å². The van der Waals surface area contributed by atoms with Crippen LogP contribution in [0.15, 0.2) is 18.2 Å². The predicted octanol–water partition coefficient (Wildman–Crippen LogP) is 1.29. The number of nitrogens with zero attached hydrogens (tertiary/aromatic N) is 2. The van der Waals surface area contributed by atoms with E-state index in [1.807, 2.05) is 0 Å². The van der Waals surface area contributed by atoms with Gasteiger partial charge in [0.2, 0.25) is 5.91 Å². The topological polar surface area (TPSA) is 75.6 Å². The van der Waals surface area contributed by atoms with Gasteiger partial charge >= 0.3 is 0 Å². The highest BCUT2D eigenvalue weighted by molar-refractivity contribution is 5.95. The fourth-order valence-corrected chi connectivity index (χ4v) is 2.63. The molecule has 1 heterocycles. The number of rotatable bonds is 4. The van der Waals surface area contributed by atoms with Crippen molar-refractivity contribution >= 4 is 17.3 Å². The summed E-state index contributed by atoms with van der Waals surface area (Å²) >= 11 is 0. The highest BCUT2D eigenvalue weighted by Gasteiger charge is 2.21. The van der Waals surface area contributed by atoms with Crippen LogP contribution in [0, 0.1) is 0 Å². The number of carbonyl (C=O) groups is 1. The van der Waals surface area contributed by atoms with Crippen LogP contribution in [0.1, 0.15) is 30.6 Å². The molecular formula is C15H24N4O. The summed E-state index contributed by atoms with van der Waals surface area (Å²) in [6.07, 6.45) is 1.17. The number of nitrogens with two attached hydrogens (primary N) is 2. The number of amides is 1. The summed E-state index contributed by atoms with van der Waals surface area (Å²) in [5, 5.41) is 0. The first-order chi connectivity index (χ1) is 9.52. The summed E-state index contributed by atoms with van der Waals surface area (Å²) in [7, 11) is 0. The molecule has 5 nitrogen and oxygen atoms in total. The minimum absolute atomic E-state index is 0.413. The standard InChI is InChI=1S/C15H24N4O/c1-3-11(2)18-6-8-19(9-7-18)14-10-12(15(17)20)4-5-13(14)16/h4-5,10-11H,3,6-9,16H2,1-2H3,(H2,17,20). The average Bonchev–Trinajstić information content (AvgIpc) is 2.47. The molecule has 1 fully saturated rings. The second-order valence-electron chi connectivity index (χ2n) is 5.42. The highest BCUT2D eigenvalue weighted by Crippen LogP contribution is 2.26. The lowest BCUT2D eigenvalue weighted by molar-refractivity contribution is 0.100. The predicted molar refractivity (Wildman–Crippen MR) is 82.9 cm³/mol. The molecule has 1 aliphatic rings. The maximum Gasteiger partial charge on any atom is 0.248 e. The van der Waals surface area contributed by atoms with Gasteiger partial charge in [0.05, 0.1) is 11.4 Å². The zero-order valence-corrected chi connectivity index (χ0v) is 12.3. The Kier molecular flexibility index (Phi) is 4.49. The SMILES string of the molecule is CCC(C)N1CCN(c2cc(C(N)=O)ccc2N)CC1. The van der Waals surface area contributed by atoms with Crippen LogP contribution >= 0.6 is 0 Å². The molecule has 0 saturated carbocycles. The van der Waals surface area contributed by atoms with Crippen molar-refractivity contribution in [2.45, 2.75) is 26.3 Å². The van der Waals surface area contributed by atoms with Crippen LogP contribution in [0.4, 0.5) is 11.4 Å². The molecule has 1 unspecified atom stereocenters. The molecule has 2 rings (SSSR count). The third-order valence-corrected chi connectivity index (χ3v) is 4.18. The van der Waals surface area contributed by atoms with E-state index in [4.69, 9.17) is 11.5 Å². The first kappa shape index (κ1) is 14.7. The molecule has 0 radical (unpaired) electrons. The van der Waals surface area contributed by atoms with Crippen LogP contribution in [-0.4, -0.2) is 43.0 Å². The van der Waals surface area contributed by atoms with E-state index < -0.39 is 5.91 Å². The molecule has 1 aliphatic heterocycles. The van der Waals surface area contributed by atoms with E-state index in [1.54, 1.807) is 18.2 Å². The molecule has 110 valence electrons. The number of anilines is 2. The van der Waals surface area contributed by atoms with Crippen molar-refractivity contribution in [3.8, 4) is 0 Å². The summed E-state index contributed by atoms with van der Waals surface area (Å²) in [5.74, 6) is -0.413. The molecule has 1 aromatic rings. The molecule has 1 amide bonds. The van der Waals surface area contributed by atoms with Crippen molar-refractivity contribution in [2.75, 3.05) is 36.8 Å². The van der Waals surface area contributed by atoms with Gasteiger partial charge < -0.3 is 16.4 Å². The second kappa shape index (κ2) is 6.13. The number of carbonyl (C=O) groups excluding carboxylic acids is 1. The Hall–Kier alpha value is -1.75. The third-order valence-electron chi connectivity index (χ3n) is 4.18. The summed E-state index contributed by atoms with van der Waals surface area (Å²) in [4.78, 5) is 16.0. The number of nitrogen functional groups attached to an aromatic ring is 1. The van der Waals surface area contributed by atoms with Crippen molar-refractivity contribution in [3.63, 3.8) is 0 Å². The van der Waals surface area contributed by atoms with Crippen molar-refractivity contribution < 1.29 is 4.79 Å². The molecule has 0 spiro atoms. The third kappa shape index (κ3) is 3.04. The fourth-order valence-electron chi connectivity index (χ4n) is 2.63. The molecule has 5 heteroatoms. The molecule has 1 aromatic carbocycles. The minimum atomic E-state index is -0.413. The van der Waals surface area contributed by atoms with Crippen LogP contribution < -0.4 is 16.4 Å². The normalized spacial score (nSPS) is 18.0. The fraction of sp³-hybridized carbons (Fsp3) is 0.533. The van der Waals surface area contributed by atoms with Gasteiger partial charge in [-0.15, -0.1) is 0 Å². The van der Waals surface area contributed by atoms with Crippen LogP contribution in [0.2, 0.25) is 0 Å². The first-order valence-electron chi connectivity index (χ1n) is 7.21. The van der Waals surface area contributed by atoms with Gasteiger partial charge in [-0.05, 0) is 31.5 Å². The minimum Gasteiger partial charge on any atom is -0.397 e. The Morgan fingerprint density at radius 1 is 1.30 bits per heavy atom. The second-order valence-corrected chi connectivity index (χ2v) is 5.42. The molecule has 0 aromatic heterocycles. The maximum atomic E-state index is 11.3. The van der Waals surface area contributed by atoms with E-state index >= 15 is 0 Å². The maximum absolute atomic E-state index is 11.3. The van der Waals surface area contributed by atoms with Crippen molar-refractivity contribution in [3.05, 3.63) is 23.8 Å². The molecule has 1 atom stereocenters. The quantitative estimate of drug-likeness (QED) is 0.813. The Labute approximate surface area is 120 Å². The number of benzene rings is 1. The van der Waals surface area contributed by atoms with Gasteiger partial charge in [-0.1, -0.05) is 6.92 Å². The van der Waals surface area contributed by atoms with E-state index in [9.17, 15) is 4.79 Å². The van der Waals surface area contributed by atoms with E-state index in [2.05, 4.69) is 23.6 Å². The molecule has 20 heavy (non-hydrogen) atoms. The van der Waals surface area contributed by atoms with Crippen molar-refractivity contribution in [1.29, 1.82) is 0 Å². The summed E-state index contributed by atoms with van der Waals surface area (Å²) < 4.78 is 0. The summed E-state index contributed by atoms with van der Waals surface area (Å²) in [6.45, 7) is 8.38. The lowest BCUT2D eigenvalue weighted by Crippen LogP contribution is -2.49. The average molecular weight is 276 g/mol. The molecule has 0 aliphatic carbocycles. The monoisotopic (exact) mass is 276 g/mol. The van der Waals surface area contributed by atoms with E-state index in [-0.39, 0.29) is 0 Å². The number of hydrogen-bond acceptors (Lipinski definition) is 4. The van der Waals surface area contributed by atoms with Crippen LogP contribution in [0.25, 0.3) is 0 Å². The van der Waals surface area contributed by atoms with Gasteiger partial charge in [0, 0.05) is 37.8 Å². The summed E-state index contributed by atoms with van der Waals surface area (Å²) in [5.41, 5.74) is 13.5. The molecule has 4 N–H and O–H groups in total. The van der Waals surface area contributed by atoms with Crippen molar-refractivity contribution in [1.82, 2.24) is 4.90 Å². The van der Waals surface area contributed by atoms with Gasteiger partial charge in [-0.3, -0.25) is 9.69 Å². The Bertz CT molecular complexity index is 481. The zero-order chi connectivity index (χ0) is 14.7. The van der Waals surface area contributed by atoms with Gasteiger partial charge in [0.25, 0.3) is 0 Å². The Morgan fingerprint density at radius 3 is 2.50 bits per heavy atom. The molecule has 1 saturated heterocycles. The van der Waals surface area contributed by atoms with Crippen LogP contribution in [0.3, 0.4) is 0 Å². The smallest absolute Gasteiger partial charge is 0.248 e. The van der Waals surface area contributed by atoms with Gasteiger partial charge in [0.15, 0.2) is 0 Å². The Morgan fingerprint density at radius 2 is 1.95 bits per heavy atom. The lowest BCUT2D eigenvalue weighted by Gasteiger charge is -2.39. The van der Waals surface area contributed by atoms with Crippen molar-refractivity contribution in [2.24, 2.45) is 5.73 Å². The largest absolute Gasteiger partial charge is 0.397 e.